The SMILES string of the molecule is CCCC1NC(C)(CC)C(=O)N1CCCCN(C)C. The molecule has 0 aromatic rings. The Bertz CT molecular complexity index is 293. The van der Waals surface area contributed by atoms with Crippen LogP contribution >= 0.6 is 0 Å². The van der Waals surface area contributed by atoms with Crippen LogP contribution in [-0.2, 0) is 4.79 Å². The zero-order chi connectivity index (χ0) is 14.5. The summed E-state index contributed by atoms with van der Waals surface area (Å²) >= 11 is 0. The Morgan fingerprint density at radius 1 is 1.32 bits per heavy atom. The first-order chi connectivity index (χ1) is 8.94. The molecular formula is C15H31N3O. The zero-order valence-corrected chi connectivity index (χ0v) is 13.3. The Hall–Kier alpha value is -0.610. The molecule has 0 aromatic heterocycles. The van der Waals surface area contributed by atoms with Crippen molar-refractivity contribution < 1.29 is 4.79 Å². The van der Waals surface area contributed by atoms with Crippen molar-refractivity contribution in [3.8, 4) is 0 Å². The van der Waals surface area contributed by atoms with Gasteiger partial charge in [0.15, 0.2) is 0 Å². The molecule has 1 amide bonds. The molecule has 0 spiro atoms. The Morgan fingerprint density at radius 2 is 2.00 bits per heavy atom. The van der Waals surface area contributed by atoms with Crippen molar-refractivity contribution in [3.05, 3.63) is 0 Å². The molecule has 0 aromatic carbocycles. The van der Waals surface area contributed by atoms with Gasteiger partial charge in [0.25, 0.3) is 0 Å². The molecule has 4 heteroatoms. The second kappa shape index (κ2) is 7.25. The van der Waals surface area contributed by atoms with Crippen LogP contribution in [0.1, 0.15) is 52.9 Å². The zero-order valence-electron chi connectivity index (χ0n) is 13.3. The van der Waals surface area contributed by atoms with Crippen LogP contribution in [0, 0.1) is 0 Å². The minimum absolute atomic E-state index is 0.238. The van der Waals surface area contributed by atoms with E-state index < -0.39 is 0 Å². The Kier molecular flexibility index (Phi) is 6.27. The first kappa shape index (κ1) is 16.4. The van der Waals surface area contributed by atoms with Crippen LogP contribution < -0.4 is 5.32 Å². The topological polar surface area (TPSA) is 35.6 Å². The summed E-state index contributed by atoms with van der Waals surface area (Å²) < 4.78 is 0. The number of hydrogen-bond donors (Lipinski definition) is 1. The van der Waals surface area contributed by atoms with E-state index in [1.807, 2.05) is 6.92 Å². The quantitative estimate of drug-likeness (QED) is 0.685. The van der Waals surface area contributed by atoms with E-state index in [0.29, 0.717) is 5.91 Å². The van der Waals surface area contributed by atoms with Gasteiger partial charge in [-0.1, -0.05) is 20.3 Å². The highest BCUT2D eigenvalue weighted by molar-refractivity contribution is 5.88. The molecule has 1 fully saturated rings. The molecule has 1 rings (SSSR count). The monoisotopic (exact) mass is 269 g/mol. The summed E-state index contributed by atoms with van der Waals surface area (Å²) in [6.45, 7) is 8.29. The maximum absolute atomic E-state index is 12.5. The first-order valence-electron chi connectivity index (χ1n) is 7.68. The standard InChI is InChI=1S/C15H31N3O/c1-6-10-13-16-15(3,7-2)14(19)18(13)12-9-8-11-17(4)5/h13,16H,6-12H2,1-5H3. The van der Waals surface area contributed by atoms with Crippen LogP contribution in [0.2, 0.25) is 0 Å². The van der Waals surface area contributed by atoms with Crippen LogP contribution in [0.25, 0.3) is 0 Å². The predicted molar refractivity (Wildman–Crippen MR) is 80.0 cm³/mol. The van der Waals surface area contributed by atoms with Gasteiger partial charge in [0.05, 0.1) is 11.7 Å². The molecule has 2 atom stereocenters. The number of carbonyl (C=O) groups excluding carboxylic acids is 1. The van der Waals surface area contributed by atoms with E-state index in [0.717, 1.165) is 45.2 Å². The number of nitrogens with one attached hydrogen (secondary N) is 1. The maximum Gasteiger partial charge on any atom is 0.243 e. The summed E-state index contributed by atoms with van der Waals surface area (Å²) in [7, 11) is 4.19. The van der Waals surface area contributed by atoms with E-state index >= 15 is 0 Å². The van der Waals surface area contributed by atoms with Crippen molar-refractivity contribution in [2.24, 2.45) is 0 Å². The third-order valence-electron chi connectivity index (χ3n) is 4.12. The molecular weight excluding hydrogens is 238 g/mol. The highest BCUT2D eigenvalue weighted by Gasteiger charge is 2.45. The van der Waals surface area contributed by atoms with Gasteiger partial charge < -0.3 is 9.80 Å². The van der Waals surface area contributed by atoms with E-state index in [4.69, 9.17) is 0 Å². The van der Waals surface area contributed by atoms with Crippen molar-refractivity contribution in [1.29, 1.82) is 0 Å². The second-order valence-corrected chi connectivity index (χ2v) is 6.14. The molecule has 112 valence electrons. The lowest BCUT2D eigenvalue weighted by Crippen LogP contribution is -2.43. The summed E-state index contributed by atoms with van der Waals surface area (Å²) in [6, 6.07) is 0. The van der Waals surface area contributed by atoms with Gasteiger partial charge in [-0.25, -0.2) is 0 Å². The normalized spacial score (nSPS) is 27.6. The van der Waals surface area contributed by atoms with Crippen LogP contribution in [-0.4, -0.2) is 54.6 Å². The van der Waals surface area contributed by atoms with Crippen molar-refractivity contribution in [1.82, 2.24) is 15.1 Å². The Morgan fingerprint density at radius 3 is 2.53 bits per heavy atom. The molecule has 1 heterocycles. The Labute approximate surface area is 118 Å². The lowest BCUT2D eigenvalue weighted by Gasteiger charge is -2.24. The number of hydrogen-bond acceptors (Lipinski definition) is 3. The lowest BCUT2D eigenvalue weighted by molar-refractivity contribution is -0.133. The third kappa shape index (κ3) is 4.18. The van der Waals surface area contributed by atoms with Gasteiger partial charge in [0.2, 0.25) is 5.91 Å². The summed E-state index contributed by atoms with van der Waals surface area (Å²) in [5.74, 6) is 0.290. The van der Waals surface area contributed by atoms with E-state index in [-0.39, 0.29) is 11.7 Å². The van der Waals surface area contributed by atoms with Crippen molar-refractivity contribution in [2.45, 2.75) is 64.6 Å². The van der Waals surface area contributed by atoms with Gasteiger partial charge in [-0.15, -0.1) is 0 Å². The highest BCUT2D eigenvalue weighted by atomic mass is 16.2. The molecule has 19 heavy (non-hydrogen) atoms. The summed E-state index contributed by atoms with van der Waals surface area (Å²) in [4.78, 5) is 16.8. The summed E-state index contributed by atoms with van der Waals surface area (Å²) in [5, 5.41) is 3.53. The molecule has 1 aliphatic heterocycles. The van der Waals surface area contributed by atoms with E-state index in [2.05, 4.69) is 43.1 Å². The lowest BCUT2D eigenvalue weighted by atomic mass is 9.99. The average molecular weight is 269 g/mol. The molecule has 0 saturated carbocycles. The fourth-order valence-corrected chi connectivity index (χ4v) is 2.69. The van der Waals surface area contributed by atoms with Gasteiger partial charge >= 0.3 is 0 Å². The number of rotatable bonds is 8. The number of unbranched alkanes of at least 4 members (excludes halogenated alkanes) is 1. The molecule has 0 bridgehead atoms. The van der Waals surface area contributed by atoms with Gasteiger partial charge in [0, 0.05) is 6.54 Å². The van der Waals surface area contributed by atoms with Crippen LogP contribution in [0.4, 0.5) is 0 Å². The molecule has 1 N–H and O–H groups in total. The number of nitrogens with zero attached hydrogens (tertiary/aromatic N) is 2. The van der Waals surface area contributed by atoms with E-state index in [9.17, 15) is 4.79 Å². The molecule has 0 aliphatic carbocycles. The average Bonchev–Trinajstić information content (AvgIpc) is 2.59. The minimum atomic E-state index is -0.346. The molecule has 2 unspecified atom stereocenters. The van der Waals surface area contributed by atoms with Gasteiger partial charge in [0.1, 0.15) is 0 Å². The van der Waals surface area contributed by atoms with Crippen LogP contribution in [0.5, 0.6) is 0 Å². The summed E-state index contributed by atoms with van der Waals surface area (Å²) in [5.41, 5.74) is -0.346. The van der Waals surface area contributed by atoms with Crippen molar-refractivity contribution >= 4 is 5.91 Å². The molecule has 0 radical (unpaired) electrons. The third-order valence-corrected chi connectivity index (χ3v) is 4.12. The summed E-state index contributed by atoms with van der Waals surface area (Å²) in [6.07, 6.45) is 5.50. The van der Waals surface area contributed by atoms with Crippen molar-refractivity contribution in [3.63, 3.8) is 0 Å². The first-order valence-corrected chi connectivity index (χ1v) is 7.68. The van der Waals surface area contributed by atoms with Crippen LogP contribution in [0.3, 0.4) is 0 Å². The smallest absolute Gasteiger partial charge is 0.243 e. The van der Waals surface area contributed by atoms with Gasteiger partial charge in [-0.3, -0.25) is 10.1 Å². The van der Waals surface area contributed by atoms with Gasteiger partial charge in [-0.05, 0) is 53.2 Å². The highest BCUT2D eigenvalue weighted by Crippen LogP contribution is 2.26. The second-order valence-electron chi connectivity index (χ2n) is 6.14. The fraction of sp³-hybridized carbons (Fsp3) is 0.933. The van der Waals surface area contributed by atoms with Gasteiger partial charge in [-0.2, -0.15) is 0 Å². The maximum atomic E-state index is 12.5. The Balaban J connectivity index is 2.54. The molecule has 1 saturated heterocycles. The minimum Gasteiger partial charge on any atom is -0.326 e. The molecule has 4 nitrogen and oxygen atoms in total. The largest absolute Gasteiger partial charge is 0.326 e. The predicted octanol–water partition coefficient (Wildman–Crippen LogP) is 2.05. The molecule has 1 aliphatic rings. The number of carbonyl (C=O) groups is 1. The van der Waals surface area contributed by atoms with E-state index in [1.54, 1.807) is 0 Å². The van der Waals surface area contributed by atoms with Crippen LogP contribution in [0.15, 0.2) is 0 Å². The van der Waals surface area contributed by atoms with Crippen molar-refractivity contribution in [2.75, 3.05) is 27.2 Å². The van der Waals surface area contributed by atoms with E-state index in [1.165, 1.54) is 0 Å². The fourth-order valence-electron chi connectivity index (χ4n) is 2.69. The number of amides is 1.